The lowest BCUT2D eigenvalue weighted by molar-refractivity contribution is -0.131. The van der Waals surface area contributed by atoms with Crippen LogP contribution in [0.15, 0.2) is 12.1 Å². The number of phenols is 1. The number of aromatic hydroxyl groups is 1. The zero-order chi connectivity index (χ0) is 13.9. The third kappa shape index (κ3) is 3.33. The molecule has 98 valence electrons. The number of nitrogens with zero attached hydrogens (tertiary/aromatic N) is 1. The van der Waals surface area contributed by atoms with Gasteiger partial charge in [0.2, 0.25) is 0 Å². The molecule has 0 aromatic heterocycles. The van der Waals surface area contributed by atoms with E-state index < -0.39 is 35.6 Å². The number of rotatable bonds is 3. The number of hydrogen-bond acceptors (Lipinski definition) is 4. The number of ether oxygens (including phenoxy) is 1. The summed E-state index contributed by atoms with van der Waals surface area (Å²) in [7, 11) is 2.99. The van der Waals surface area contributed by atoms with Gasteiger partial charge in [0.25, 0.3) is 5.91 Å². The second kappa shape index (κ2) is 5.68. The number of likely N-dealkylation sites (N-methyl/N-ethyl adjacent to an activating group) is 1. The fraction of sp³-hybridized carbons (Fsp3) is 0.273. The minimum Gasteiger partial charge on any atom is -0.505 e. The molecular weight excluding hydrogens is 265 g/mol. The van der Waals surface area contributed by atoms with Gasteiger partial charge in [0, 0.05) is 14.1 Å². The molecule has 0 aliphatic heterocycles. The largest absolute Gasteiger partial charge is 0.505 e. The molecule has 7 heteroatoms. The zero-order valence-electron chi connectivity index (χ0n) is 9.74. The number of phenolic OH excluding ortho intramolecular Hbond substituents is 1. The van der Waals surface area contributed by atoms with E-state index in [1.165, 1.54) is 19.0 Å². The van der Waals surface area contributed by atoms with Gasteiger partial charge < -0.3 is 14.7 Å². The van der Waals surface area contributed by atoms with Crippen LogP contribution >= 0.6 is 11.6 Å². The molecule has 18 heavy (non-hydrogen) atoms. The summed E-state index contributed by atoms with van der Waals surface area (Å²) < 4.78 is 17.6. The van der Waals surface area contributed by atoms with Crippen molar-refractivity contribution in [2.75, 3.05) is 20.7 Å². The quantitative estimate of drug-likeness (QED) is 0.848. The van der Waals surface area contributed by atoms with Crippen LogP contribution in [-0.2, 0) is 9.53 Å². The topological polar surface area (TPSA) is 66.8 Å². The molecule has 1 amide bonds. The summed E-state index contributed by atoms with van der Waals surface area (Å²) in [6, 6.07) is 1.64. The Labute approximate surface area is 108 Å². The molecule has 0 aliphatic rings. The number of halogens is 2. The minimum atomic E-state index is -1.02. The van der Waals surface area contributed by atoms with Gasteiger partial charge in [0.05, 0.1) is 5.02 Å². The molecule has 1 N–H and O–H groups in total. The molecule has 0 saturated carbocycles. The molecule has 0 bridgehead atoms. The number of carbonyl (C=O) groups is 2. The van der Waals surface area contributed by atoms with Crippen LogP contribution in [0.4, 0.5) is 4.39 Å². The molecule has 0 radical (unpaired) electrons. The first-order valence-electron chi connectivity index (χ1n) is 4.88. The Kier molecular flexibility index (Phi) is 4.49. The van der Waals surface area contributed by atoms with Gasteiger partial charge in [-0.05, 0) is 12.1 Å². The van der Waals surface area contributed by atoms with Gasteiger partial charge in [-0.3, -0.25) is 4.79 Å². The molecule has 1 aromatic carbocycles. The summed E-state index contributed by atoms with van der Waals surface area (Å²) >= 11 is 5.50. The van der Waals surface area contributed by atoms with Crippen molar-refractivity contribution in [3.05, 3.63) is 28.5 Å². The first kappa shape index (κ1) is 14.2. The fourth-order valence-electron chi connectivity index (χ4n) is 1.06. The standard InChI is InChI=1S/C11H11ClFNO4/c1-14(2)9(15)5-18-11(17)7-3-6(13)4-8(12)10(7)16/h3-4,16H,5H2,1-2H3. The van der Waals surface area contributed by atoms with Crippen LogP contribution in [-0.4, -0.2) is 42.6 Å². The van der Waals surface area contributed by atoms with Gasteiger partial charge >= 0.3 is 5.97 Å². The monoisotopic (exact) mass is 275 g/mol. The van der Waals surface area contributed by atoms with E-state index in [0.29, 0.717) is 0 Å². The summed E-state index contributed by atoms with van der Waals surface area (Å²) in [6.45, 7) is -0.501. The van der Waals surface area contributed by atoms with Gasteiger partial charge in [-0.25, -0.2) is 9.18 Å². The SMILES string of the molecule is CN(C)C(=O)COC(=O)c1cc(F)cc(Cl)c1O. The number of esters is 1. The molecule has 0 fully saturated rings. The van der Waals surface area contributed by atoms with E-state index >= 15 is 0 Å². The number of carbonyl (C=O) groups excluding carboxylic acids is 2. The van der Waals surface area contributed by atoms with Crippen molar-refractivity contribution in [2.45, 2.75) is 0 Å². The molecule has 0 unspecified atom stereocenters. The smallest absolute Gasteiger partial charge is 0.342 e. The average molecular weight is 276 g/mol. The maximum atomic E-state index is 13.0. The normalized spacial score (nSPS) is 10.0. The summed E-state index contributed by atoms with van der Waals surface area (Å²) in [5.41, 5.74) is -0.424. The molecule has 5 nitrogen and oxygen atoms in total. The summed E-state index contributed by atoms with van der Waals surface area (Å²) in [4.78, 5) is 23.9. The van der Waals surface area contributed by atoms with Crippen LogP contribution in [0.2, 0.25) is 5.02 Å². The van der Waals surface area contributed by atoms with Gasteiger partial charge in [-0.15, -0.1) is 0 Å². The molecule has 0 saturated heterocycles. The van der Waals surface area contributed by atoms with E-state index in [1.54, 1.807) is 0 Å². The maximum absolute atomic E-state index is 13.0. The van der Waals surface area contributed by atoms with Crippen LogP contribution in [0.1, 0.15) is 10.4 Å². The number of benzene rings is 1. The lowest BCUT2D eigenvalue weighted by Crippen LogP contribution is -2.27. The molecule has 0 spiro atoms. The molecule has 0 atom stereocenters. The van der Waals surface area contributed by atoms with E-state index in [9.17, 15) is 19.1 Å². The summed E-state index contributed by atoms with van der Waals surface area (Å²) in [6.07, 6.45) is 0. The maximum Gasteiger partial charge on any atom is 0.342 e. The van der Waals surface area contributed by atoms with Crippen LogP contribution in [0.5, 0.6) is 5.75 Å². The van der Waals surface area contributed by atoms with Crippen LogP contribution in [0.3, 0.4) is 0 Å². The lowest BCUT2D eigenvalue weighted by Gasteiger charge is -2.11. The third-order valence-electron chi connectivity index (χ3n) is 2.07. The second-order valence-electron chi connectivity index (χ2n) is 3.65. The van der Waals surface area contributed by atoms with Crippen molar-refractivity contribution >= 4 is 23.5 Å². The van der Waals surface area contributed by atoms with Crippen LogP contribution in [0, 0.1) is 5.82 Å². The fourth-order valence-corrected chi connectivity index (χ4v) is 1.26. The predicted molar refractivity (Wildman–Crippen MR) is 62.1 cm³/mol. The Morgan fingerprint density at radius 2 is 2.06 bits per heavy atom. The Morgan fingerprint density at radius 3 is 2.61 bits per heavy atom. The first-order valence-corrected chi connectivity index (χ1v) is 5.26. The van der Waals surface area contributed by atoms with Crippen molar-refractivity contribution in [3.8, 4) is 5.75 Å². The molecular formula is C11H11ClFNO4. The first-order chi connectivity index (χ1) is 8.32. The van der Waals surface area contributed by atoms with E-state index in [0.717, 1.165) is 12.1 Å². The highest BCUT2D eigenvalue weighted by Gasteiger charge is 2.18. The van der Waals surface area contributed by atoms with Crippen molar-refractivity contribution in [1.29, 1.82) is 0 Å². The molecule has 0 heterocycles. The minimum absolute atomic E-state index is 0.305. The Hall–Kier alpha value is -1.82. The molecule has 1 rings (SSSR count). The van der Waals surface area contributed by atoms with Gasteiger partial charge in [0.15, 0.2) is 6.61 Å². The second-order valence-corrected chi connectivity index (χ2v) is 4.06. The number of hydrogen-bond donors (Lipinski definition) is 1. The van der Waals surface area contributed by atoms with Crippen molar-refractivity contribution in [2.24, 2.45) is 0 Å². The highest BCUT2D eigenvalue weighted by Crippen LogP contribution is 2.29. The van der Waals surface area contributed by atoms with Gasteiger partial charge in [-0.1, -0.05) is 11.6 Å². The van der Waals surface area contributed by atoms with E-state index in [2.05, 4.69) is 4.74 Å². The van der Waals surface area contributed by atoms with Gasteiger partial charge in [-0.2, -0.15) is 0 Å². The van der Waals surface area contributed by atoms with Gasteiger partial charge in [0.1, 0.15) is 17.1 Å². The lowest BCUT2D eigenvalue weighted by atomic mass is 10.2. The van der Waals surface area contributed by atoms with E-state index in [-0.39, 0.29) is 5.02 Å². The zero-order valence-corrected chi connectivity index (χ0v) is 10.5. The molecule has 0 aliphatic carbocycles. The highest BCUT2D eigenvalue weighted by atomic mass is 35.5. The van der Waals surface area contributed by atoms with Crippen molar-refractivity contribution in [1.82, 2.24) is 4.90 Å². The van der Waals surface area contributed by atoms with Crippen molar-refractivity contribution < 1.29 is 23.8 Å². The Bertz CT molecular complexity index is 490. The molecule has 1 aromatic rings. The Morgan fingerprint density at radius 1 is 1.44 bits per heavy atom. The predicted octanol–water partition coefficient (Wildman–Crippen LogP) is 1.43. The number of amides is 1. The van der Waals surface area contributed by atoms with Crippen molar-refractivity contribution in [3.63, 3.8) is 0 Å². The third-order valence-corrected chi connectivity index (χ3v) is 2.36. The average Bonchev–Trinajstić information content (AvgIpc) is 2.29. The highest BCUT2D eigenvalue weighted by molar-refractivity contribution is 6.32. The van der Waals surface area contributed by atoms with Crippen LogP contribution < -0.4 is 0 Å². The van der Waals surface area contributed by atoms with E-state index in [1.807, 2.05) is 0 Å². The van der Waals surface area contributed by atoms with Crippen LogP contribution in [0.25, 0.3) is 0 Å². The summed E-state index contributed by atoms with van der Waals surface area (Å²) in [5.74, 6) is -2.83. The Balaban J connectivity index is 2.82. The summed E-state index contributed by atoms with van der Waals surface area (Å²) in [5, 5.41) is 9.17. The van der Waals surface area contributed by atoms with E-state index in [4.69, 9.17) is 11.6 Å².